The monoisotopic (exact) mass is 461 g/mol. The van der Waals surface area contributed by atoms with E-state index >= 15 is 0 Å². The third-order valence-corrected chi connectivity index (χ3v) is 5.36. The number of nitro groups is 1. The van der Waals surface area contributed by atoms with Crippen molar-refractivity contribution in [1.29, 1.82) is 0 Å². The summed E-state index contributed by atoms with van der Waals surface area (Å²) in [4.78, 5) is 36.4. The highest BCUT2D eigenvalue weighted by Gasteiger charge is 2.30. The maximum atomic E-state index is 13.7. The first kappa shape index (κ1) is 23.8. The van der Waals surface area contributed by atoms with Gasteiger partial charge in [0.25, 0.3) is 5.69 Å². The van der Waals surface area contributed by atoms with Gasteiger partial charge >= 0.3 is 6.16 Å². The van der Waals surface area contributed by atoms with Crippen molar-refractivity contribution in [3.05, 3.63) is 63.0 Å². The molecule has 1 aliphatic heterocycles. The highest BCUT2D eigenvalue weighted by Crippen LogP contribution is 2.37. The van der Waals surface area contributed by atoms with Crippen molar-refractivity contribution in [2.75, 3.05) is 25.7 Å². The van der Waals surface area contributed by atoms with Gasteiger partial charge in [-0.15, -0.1) is 0 Å². The van der Waals surface area contributed by atoms with Crippen LogP contribution in [0.3, 0.4) is 0 Å². The summed E-state index contributed by atoms with van der Waals surface area (Å²) >= 11 is 0. The van der Waals surface area contributed by atoms with Crippen molar-refractivity contribution in [2.24, 2.45) is 0 Å². The molecule has 2 aromatic rings. The minimum Gasteiger partial charge on any atom is -0.489 e. The third-order valence-electron chi connectivity index (χ3n) is 5.36. The van der Waals surface area contributed by atoms with Gasteiger partial charge in [0.15, 0.2) is 0 Å². The van der Waals surface area contributed by atoms with Gasteiger partial charge in [0, 0.05) is 25.7 Å². The second-order valence-corrected chi connectivity index (χ2v) is 7.49. The second kappa shape index (κ2) is 10.2. The molecule has 0 fully saturated rings. The first-order chi connectivity index (χ1) is 15.7. The SMILES string of the molecule is CNC(=O)CC1COc2cc(F)ccc2N1Cc1cc(C)c(COC(=O)OC)c([N+](=O)[O-])c1. The molecule has 2 aromatic carbocycles. The Hall–Kier alpha value is -3.89. The average Bonchev–Trinajstić information content (AvgIpc) is 2.78. The molecule has 33 heavy (non-hydrogen) atoms. The third kappa shape index (κ3) is 5.48. The molecule has 1 unspecified atom stereocenters. The van der Waals surface area contributed by atoms with E-state index in [0.717, 1.165) is 7.11 Å². The zero-order valence-corrected chi connectivity index (χ0v) is 18.4. The smallest absolute Gasteiger partial charge is 0.489 e. The van der Waals surface area contributed by atoms with E-state index < -0.39 is 16.9 Å². The molecule has 0 spiro atoms. The number of amides is 1. The van der Waals surface area contributed by atoms with Crippen LogP contribution in [0, 0.1) is 22.9 Å². The number of rotatable bonds is 7. The number of nitrogens with one attached hydrogen (secondary N) is 1. The van der Waals surface area contributed by atoms with Gasteiger partial charge in [-0.3, -0.25) is 14.9 Å². The summed E-state index contributed by atoms with van der Waals surface area (Å²) in [7, 11) is 2.68. The van der Waals surface area contributed by atoms with Crippen LogP contribution < -0.4 is 15.0 Å². The van der Waals surface area contributed by atoms with Crippen LogP contribution in [0.15, 0.2) is 30.3 Å². The zero-order chi connectivity index (χ0) is 24.1. The van der Waals surface area contributed by atoms with Gasteiger partial charge in [0.2, 0.25) is 5.91 Å². The van der Waals surface area contributed by atoms with Gasteiger partial charge in [0.1, 0.15) is 24.8 Å². The van der Waals surface area contributed by atoms with Crippen molar-refractivity contribution < 1.29 is 33.1 Å². The summed E-state index contributed by atoms with van der Waals surface area (Å²) in [5.74, 6) is -0.325. The van der Waals surface area contributed by atoms with Crippen molar-refractivity contribution in [2.45, 2.75) is 32.5 Å². The van der Waals surface area contributed by atoms with Crippen LogP contribution in [0.5, 0.6) is 5.75 Å². The Balaban J connectivity index is 1.97. The number of hydrogen-bond donors (Lipinski definition) is 1. The van der Waals surface area contributed by atoms with E-state index in [4.69, 9.17) is 9.47 Å². The highest BCUT2D eigenvalue weighted by molar-refractivity contribution is 5.77. The summed E-state index contributed by atoms with van der Waals surface area (Å²) in [6.45, 7) is 1.73. The zero-order valence-electron chi connectivity index (χ0n) is 18.4. The Morgan fingerprint density at radius 3 is 2.76 bits per heavy atom. The van der Waals surface area contributed by atoms with Crippen molar-refractivity contribution in [1.82, 2.24) is 5.32 Å². The van der Waals surface area contributed by atoms with Crippen molar-refractivity contribution in [3.63, 3.8) is 0 Å². The van der Waals surface area contributed by atoms with Gasteiger partial charge < -0.3 is 24.4 Å². The first-order valence-electron chi connectivity index (χ1n) is 10.1. The number of aryl methyl sites for hydroxylation is 1. The number of carbonyl (C=O) groups excluding carboxylic acids is 2. The van der Waals surface area contributed by atoms with E-state index in [0.29, 0.717) is 22.6 Å². The average molecular weight is 461 g/mol. The van der Waals surface area contributed by atoms with Gasteiger partial charge in [-0.05, 0) is 30.2 Å². The maximum Gasteiger partial charge on any atom is 0.508 e. The largest absolute Gasteiger partial charge is 0.508 e. The number of anilines is 1. The van der Waals surface area contributed by atoms with Crippen LogP contribution in [0.2, 0.25) is 0 Å². The molecule has 1 heterocycles. The molecule has 0 aliphatic carbocycles. The normalized spacial score (nSPS) is 14.7. The number of fused-ring (bicyclic) bond motifs is 1. The topological polar surface area (TPSA) is 120 Å². The molecule has 1 aliphatic rings. The van der Waals surface area contributed by atoms with E-state index in [1.807, 2.05) is 4.90 Å². The highest BCUT2D eigenvalue weighted by atomic mass is 19.1. The Morgan fingerprint density at radius 1 is 1.33 bits per heavy atom. The molecule has 0 saturated heterocycles. The summed E-state index contributed by atoms with van der Waals surface area (Å²) in [6.07, 6.45) is -0.818. The summed E-state index contributed by atoms with van der Waals surface area (Å²) < 4.78 is 28.7. The maximum absolute atomic E-state index is 13.7. The number of halogens is 1. The lowest BCUT2D eigenvalue weighted by atomic mass is 10.0. The number of carbonyl (C=O) groups is 2. The van der Waals surface area contributed by atoms with Crippen LogP contribution in [0.25, 0.3) is 0 Å². The Bertz CT molecular complexity index is 1080. The number of ether oxygens (including phenoxy) is 3. The molecule has 3 rings (SSSR count). The Kier molecular flexibility index (Phi) is 7.31. The summed E-state index contributed by atoms with van der Waals surface area (Å²) in [5, 5.41) is 14.3. The van der Waals surface area contributed by atoms with Crippen LogP contribution >= 0.6 is 0 Å². The number of nitrogens with zero attached hydrogens (tertiary/aromatic N) is 2. The van der Waals surface area contributed by atoms with Crippen LogP contribution in [-0.2, 0) is 27.4 Å². The van der Waals surface area contributed by atoms with Crippen LogP contribution in [0.1, 0.15) is 23.1 Å². The lowest BCUT2D eigenvalue weighted by molar-refractivity contribution is -0.386. The number of hydrogen-bond acceptors (Lipinski definition) is 8. The van der Waals surface area contributed by atoms with Crippen LogP contribution in [0.4, 0.5) is 20.6 Å². The molecular weight excluding hydrogens is 437 g/mol. The van der Waals surface area contributed by atoms with Crippen LogP contribution in [-0.4, -0.2) is 43.8 Å². The standard InChI is InChI=1S/C22H24FN3O7/c1-13-6-14(7-19(26(29)30)17(13)12-33-22(28)31-3)10-25-16(9-21(27)24-2)11-32-20-8-15(23)4-5-18(20)25/h4-8,16H,9-12H2,1-3H3,(H,24,27). The van der Waals surface area contributed by atoms with Gasteiger partial charge in [-0.1, -0.05) is 6.07 Å². The molecule has 0 bridgehead atoms. The van der Waals surface area contributed by atoms with Gasteiger partial charge in [-0.2, -0.15) is 0 Å². The molecule has 1 N–H and O–H groups in total. The van der Waals surface area contributed by atoms with Gasteiger partial charge in [-0.25, -0.2) is 9.18 Å². The Labute approximate surface area is 189 Å². The molecular formula is C22H24FN3O7. The fourth-order valence-electron chi connectivity index (χ4n) is 3.71. The Morgan fingerprint density at radius 2 is 2.09 bits per heavy atom. The quantitative estimate of drug-likeness (QED) is 0.379. The van der Waals surface area contributed by atoms with Crippen molar-refractivity contribution in [3.8, 4) is 5.75 Å². The number of nitro benzene ring substituents is 1. The number of methoxy groups -OCH3 is 1. The fraction of sp³-hybridized carbons (Fsp3) is 0.364. The molecule has 1 amide bonds. The van der Waals surface area contributed by atoms with E-state index in [-0.39, 0.29) is 49.4 Å². The molecule has 1 atom stereocenters. The lowest BCUT2D eigenvalue weighted by Crippen LogP contribution is -2.45. The predicted molar refractivity (Wildman–Crippen MR) is 116 cm³/mol. The molecule has 0 radical (unpaired) electrons. The van der Waals surface area contributed by atoms with Crippen molar-refractivity contribution >= 4 is 23.4 Å². The molecule has 11 heteroatoms. The van der Waals surface area contributed by atoms with E-state index in [1.54, 1.807) is 19.1 Å². The number of benzene rings is 2. The van der Waals surface area contributed by atoms with Gasteiger partial charge in [0.05, 0.1) is 35.7 Å². The predicted octanol–water partition coefficient (Wildman–Crippen LogP) is 3.23. The second-order valence-electron chi connectivity index (χ2n) is 7.49. The molecule has 0 saturated carbocycles. The van der Waals surface area contributed by atoms with E-state index in [1.165, 1.54) is 25.2 Å². The minimum absolute atomic E-state index is 0.124. The van der Waals surface area contributed by atoms with E-state index in [2.05, 4.69) is 10.1 Å². The molecule has 0 aromatic heterocycles. The summed E-state index contributed by atoms with van der Waals surface area (Å²) in [5.41, 5.74) is 1.78. The first-order valence-corrected chi connectivity index (χ1v) is 10.1. The minimum atomic E-state index is -0.943. The van der Waals surface area contributed by atoms with E-state index in [9.17, 15) is 24.1 Å². The molecule has 10 nitrogen and oxygen atoms in total. The lowest BCUT2D eigenvalue weighted by Gasteiger charge is -2.38. The summed E-state index contributed by atoms with van der Waals surface area (Å²) in [6, 6.07) is 6.89. The fourth-order valence-corrected chi connectivity index (χ4v) is 3.71. The molecule has 176 valence electrons.